The largest absolute Gasteiger partial charge is 0.508 e. The van der Waals surface area contributed by atoms with E-state index < -0.39 is 0 Å². The molecule has 0 radical (unpaired) electrons. The molecule has 1 aliphatic heterocycles. The van der Waals surface area contributed by atoms with Crippen LogP contribution in [0, 0.1) is 0 Å². The third-order valence-electron chi connectivity index (χ3n) is 3.57. The van der Waals surface area contributed by atoms with Crippen molar-refractivity contribution in [3.05, 3.63) is 47.5 Å². The number of aromatic hydroxyl groups is 1. The van der Waals surface area contributed by atoms with E-state index >= 15 is 0 Å². The van der Waals surface area contributed by atoms with Crippen LogP contribution in [-0.2, 0) is 0 Å². The van der Waals surface area contributed by atoms with Gasteiger partial charge >= 0.3 is 0 Å². The lowest BCUT2D eigenvalue weighted by molar-refractivity contribution is 0.355. The lowest BCUT2D eigenvalue weighted by atomic mass is 10.0. The highest BCUT2D eigenvalue weighted by atomic mass is 16.5. The summed E-state index contributed by atoms with van der Waals surface area (Å²) in [5, 5.41) is 12.7. The molecule has 0 spiro atoms. The van der Waals surface area contributed by atoms with Crippen LogP contribution in [0.3, 0.4) is 0 Å². The highest BCUT2D eigenvalue weighted by Gasteiger charge is 2.19. The fourth-order valence-corrected chi connectivity index (χ4v) is 2.48. The van der Waals surface area contributed by atoms with Crippen molar-refractivity contribution in [3.63, 3.8) is 0 Å². The van der Waals surface area contributed by atoms with Gasteiger partial charge in [0.15, 0.2) is 11.5 Å². The van der Waals surface area contributed by atoms with E-state index in [0.717, 1.165) is 34.9 Å². The number of fused-ring (bicyclic) bond motifs is 1. The Balaban J connectivity index is 2.01. The molecular formula is C17H17NO3. The van der Waals surface area contributed by atoms with E-state index in [1.54, 1.807) is 26.4 Å². The van der Waals surface area contributed by atoms with Crippen molar-refractivity contribution >= 4 is 17.3 Å². The van der Waals surface area contributed by atoms with Gasteiger partial charge in [-0.05, 0) is 35.4 Å². The summed E-state index contributed by atoms with van der Waals surface area (Å²) >= 11 is 0. The van der Waals surface area contributed by atoms with Crippen LogP contribution in [0.15, 0.2) is 36.4 Å². The molecule has 0 aromatic heterocycles. The Morgan fingerprint density at radius 3 is 2.38 bits per heavy atom. The molecule has 2 aromatic carbocycles. The average Bonchev–Trinajstić information content (AvgIpc) is 2.90. The summed E-state index contributed by atoms with van der Waals surface area (Å²) in [6, 6.07) is 11.1. The Bertz CT molecular complexity index is 690. The normalized spacial score (nSPS) is 14.7. The van der Waals surface area contributed by atoms with Crippen LogP contribution >= 0.6 is 0 Å². The lowest BCUT2D eigenvalue weighted by Gasteiger charge is -2.10. The summed E-state index contributed by atoms with van der Waals surface area (Å²) in [7, 11) is 3.27. The number of rotatable bonds is 3. The second kappa shape index (κ2) is 5.40. The number of hydrogen-bond donors (Lipinski definition) is 2. The number of phenols is 1. The molecule has 0 fully saturated rings. The zero-order valence-electron chi connectivity index (χ0n) is 12.0. The van der Waals surface area contributed by atoms with Gasteiger partial charge in [-0.2, -0.15) is 0 Å². The number of nitrogens with one attached hydrogen (secondary N) is 1. The van der Waals surface area contributed by atoms with Crippen molar-refractivity contribution in [2.75, 3.05) is 26.1 Å². The van der Waals surface area contributed by atoms with Crippen LogP contribution in [0.2, 0.25) is 0 Å². The summed E-state index contributed by atoms with van der Waals surface area (Å²) in [5.41, 5.74) is 4.38. The number of ether oxygens (including phenoxy) is 2. The van der Waals surface area contributed by atoms with E-state index in [0.29, 0.717) is 0 Å². The standard InChI is InChI=1S/C17H17NO3/c1-20-16-8-14-12(7-11-3-5-13(19)6-4-11)10-18-15(14)9-17(16)21-2/h3-9,18-19H,10H2,1-2H3. The third-order valence-corrected chi connectivity index (χ3v) is 3.57. The molecule has 4 heteroatoms. The van der Waals surface area contributed by atoms with Crippen molar-refractivity contribution in [1.82, 2.24) is 0 Å². The molecule has 0 bridgehead atoms. The van der Waals surface area contributed by atoms with E-state index in [9.17, 15) is 5.11 Å². The quantitative estimate of drug-likeness (QED) is 0.906. The number of anilines is 1. The molecule has 0 saturated carbocycles. The van der Waals surface area contributed by atoms with Crippen molar-refractivity contribution in [2.45, 2.75) is 0 Å². The topological polar surface area (TPSA) is 50.7 Å². The maximum Gasteiger partial charge on any atom is 0.162 e. The molecule has 0 saturated heterocycles. The molecular weight excluding hydrogens is 266 g/mol. The van der Waals surface area contributed by atoms with Crippen molar-refractivity contribution in [2.24, 2.45) is 0 Å². The minimum Gasteiger partial charge on any atom is -0.508 e. The van der Waals surface area contributed by atoms with Crippen molar-refractivity contribution in [1.29, 1.82) is 0 Å². The van der Waals surface area contributed by atoms with Gasteiger partial charge < -0.3 is 19.9 Å². The third kappa shape index (κ3) is 2.52. The molecule has 0 aliphatic carbocycles. The van der Waals surface area contributed by atoms with Gasteiger partial charge in [0, 0.05) is 23.9 Å². The molecule has 0 unspecified atom stereocenters. The second-order valence-corrected chi connectivity index (χ2v) is 4.87. The van der Waals surface area contributed by atoms with Gasteiger partial charge in [0.25, 0.3) is 0 Å². The second-order valence-electron chi connectivity index (χ2n) is 4.87. The van der Waals surface area contributed by atoms with Gasteiger partial charge in [0.1, 0.15) is 5.75 Å². The molecule has 0 atom stereocenters. The number of methoxy groups -OCH3 is 2. The first-order valence-corrected chi connectivity index (χ1v) is 6.71. The summed E-state index contributed by atoms with van der Waals surface area (Å²) in [4.78, 5) is 0. The molecule has 21 heavy (non-hydrogen) atoms. The highest BCUT2D eigenvalue weighted by Crippen LogP contribution is 2.40. The molecule has 2 aromatic rings. The minimum atomic E-state index is 0.272. The highest BCUT2D eigenvalue weighted by molar-refractivity contribution is 5.94. The lowest BCUT2D eigenvalue weighted by Crippen LogP contribution is -1.93. The molecule has 108 valence electrons. The monoisotopic (exact) mass is 283 g/mol. The molecule has 1 aliphatic rings. The summed E-state index contributed by atoms with van der Waals surface area (Å²) in [6.07, 6.45) is 2.10. The van der Waals surface area contributed by atoms with Crippen molar-refractivity contribution in [3.8, 4) is 17.2 Å². The van der Waals surface area contributed by atoms with Crippen LogP contribution in [-0.4, -0.2) is 25.9 Å². The molecule has 3 rings (SSSR count). The van der Waals surface area contributed by atoms with Gasteiger partial charge in [-0.1, -0.05) is 12.1 Å². The van der Waals surface area contributed by atoms with Gasteiger partial charge in [-0.3, -0.25) is 0 Å². The van der Waals surface area contributed by atoms with E-state index in [-0.39, 0.29) is 5.75 Å². The summed E-state index contributed by atoms with van der Waals surface area (Å²) in [6.45, 7) is 0.756. The molecule has 4 nitrogen and oxygen atoms in total. The zero-order valence-corrected chi connectivity index (χ0v) is 12.0. The van der Waals surface area contributed by atoms with Crippen LogP contribution in [0.1, 0.15) is 11.1 Å². The Morgan fingerprint density at radius 1 is 1.05 bits per heavy atom. The van der Waals surface area contributed by atoms with Crippen LogP contribution < -0.4 is 14.8 Å². The average molecular weight is 283 g/mol. The molecule has 1 heterocycles. The van der Waals surface area contributed by atoms with E-state index in [4.69, 9.17) is 9.47 Å². The first-order chi connectivity index (χ1) is 10.2. The molecule has 0 amide bonds. The van der Waals surface area contributed by atoms with Gasteiger partial charge in [-0.25, -0.2) is 0 Å². The Kier molecular flexibility index (Phi) is 3.44. The Hall–Kier alpha value is -2.62. The van der Waals surface area contributed by atoms with Gasteiger partial charge in [0.05, 0.1) is 14.2 Å². The Labute approximate surface area is 123 Å². The minimum absolute atomic E-state index is 0.272. The fraction of sp³-hybridized carbons (Fsp3) is 0.176. The zero-order chi connectivity index (χ0) is 14.8. The first kappa shape index (κ1) is 13.4. The van der Waals surface area contributed by atoms with E-state index in [1.807, 2.05) is 24.3 Å². The number of phenolic OH excluding ortho intramolecular Hbond substituents is 1. The summed E-state index contributed by atoms with van der Waals surface area (Å²) in [5.74, 6) is 1.71. The summed E-state index contributed by atoms with van der Waals surface area (Å²) < 4.78 is 10.7. The maximum absolute atomic E-state index is 9.34. The predicted molar refractivity (Wildman–Crippen MR) is 84.0 cm³/mol. The van der Waals surface area contributed by atoms with Gasteiger partial charge in [0.2, 0.25) is 0 Å². The first-order valence-electron chi connectivity index (χ1n) is 6.71. The Morgan fingerprint density at radius 2 is 1.71 bits per heavy atom. The van der Waals surface area contributed by atoms with Gasteiger partial charge in [-0.15, -0.1) is 0 Å². The van der Waals surface area contributed by atoms with Crippen LogP contribution in [0.4, 0.5) is 5.69 Å². The van der Waals surface area contributed by atoms with Crippen molar-refractivity contribution < 1.29 is 14.6 Å². The smallest absolute Gasteiger partial charge is 0.162 e. The SMILES string of the molecule is COc1cc2c(cc1OC)C(=Cc1ccc(O)cc1)CN2. The fourth-order valence-electron chi connectivity index (χ4n) is 2.48. The van der Waals surface area contributed by atoms with E-state index in [1.165, 1.54) is 5.57 Å². The molecule has 2 N–H and O–H groups in total. The maximum atomic E-state index is 9.34. The number of hydrogen-bond acceptors (Lipinski definition) is 4. The predicted octanol–water partition coefficient (Wildman–Crippen LogP) is 3.38. The number of benzene rings is 2. The van der Waals surface area contributed by atoms with Crippen LogP contribution in [0.5, 0.6) is 17.2 Å². The van der Waals surface area contributed by atoms with Crippen LogP contribution in [0.25, 0.3) is 11.6 Å². The van der Waals surface area contributed by atoms with E-state index in [2.05, 4.69) is 11.4 Å².